The maximum atomic E-state index is 13.4. The number of fused-ring (bicyclic) bond motifs is 2. The van der Waals surface area contributed by atoms with Gasteiger partial charge in [-0.05, 0) is 41.5 Å². The van der Waals surface area contributed by atoms with Crippen LogP contribution in [0, 0.1) is 0 Å². The Morgan fingerprint density at radius 2 is 1.59 bits per heavy atom. The maximum absolute atomic E-state index is 13.4. The van der Waals surface area contributed by atoms with Gasteiger partial charge in [-0.1, -0.05) is 54.1 Å². The van der Waals surface area contributed by atoms with Crippen LogP contribution in [0.1, 0.15) is 16.7 Å². The van der Waals surface area contributed by atoms with Gasteiger partial charge in [0.1, 0.15) is 0 Å². The van der Waals surface area contributed by atoms with Crippen molar-refractivity contribution in [3.8, 4) is 0 Å². The minimum Gasteiger partial charge on any atom is -0.300 e. The van der Waals surface area contributed by atoms with Gasteiger partial charge in [0.15, 0.2) is 9.84 Å². The predicted octanol–water partition coefficient (Wildman–Crippen LogP) is 5.61. The van der Waals surface area contributed by atoms with E-state index in [4.69, 9.17) is 11.6 Å². The zero-order chi connectivity index (χ0) is 23.1. The summed E-state index contributed by atoms with van der Waals surface area (Å²) in [6.07, 6.45) is -5.11. The lowest BCUT2D eigenvalue weighted by atomic mass is 9.96. The van der Waals surface area contributed by atoms with Crippen molar-refractivity contribution < 1.29 is 26.4 Å². The number of carbonyl (C=O) groups excluding carboxylic acids is 1. The van der Waals surface area contributed by atoms with Crippen molar-refractivity contribution in [2.45, 2.75) is 17.6 Å². The average Bonchev–Trinajstić information content (AvgIpc) is 2.88. The van der Waals surface area contributed by atoms with Gasteiger partial charge in [0.2, 0.25) is 0 Å². The lowest BCUT2D eigenvalue weighted by Gasteiger charge is -2.24. The van der Waals surface area contributed by atoms with E-state index in [-0.39, 0.29) is 26.7 Å². The summed E-state index contributed by atoms with van der Waals surface area (Å²) in [6, 6.07) is 18.0. The molecule has 3 aromatic carbocycles. The molecule has 9 heteroatoms. The number of carbonyl (C=O) groups is 1. The first-order valence-corrected chi connectivity index (χ1v) is 11.3. The molecule has 1 amide bonds. The Morgan fingerprint density at radius 1 is 0.938 bits per heavy atom. The number of para-hydroxylation sites is 1. The lowest BCUT2D eigenvalue weighted by molar-refractivity contribution is -0.170. The summed E-state index contributed by atoms with van der Waals surface area (Å²) in [5.74, 6) is -2.04. The highest BCUT2D eigenvalue weighted by Gasteiger charge is 2.44. The second-order valence-electron chi connectivity index (χ2n) is 7.10. The zero-order valence-electron chi connectivity index (χ0n) is 16.3. The maximum Gasteiger partial charge on any atom is 0.471 e. The van der Waals surface area contributed by atoms with Crippen molar-refractivity contribution in [3.05, 3.63) is 99.9 Å². The predicted molar refractivity (Wildman–Crippen MR) is 116 cm³/mol. The zero-order valence-corrected chi connectivity index (χ0v) is 17.9. The molecule has 0 atom stereocenters. The number of alkyl halides is 3. The van der Waals surface area contributed by atoms with Gasteiger partial charge >= 0.3 is 12.1 Å². The van der Waals surface area contributed by atoms with Crippen LogP contribution in [-0.4, -0.2) is 20.5 Å². The molecule has 0 saturated carbocycles. The van der Waals surface area contributed by atoms with Crippen LogP contribution in [0.4, 0.5) is 18.9 Å². The SMILES string of the molecule is O=C(N1Cc2ccc(Cl)cc2/C(=C/S(=O)(=O)c2ccccc2)c2ccccc21)C(F)(F)F. The van der Waals surface area contributed by atoms with Gasteiger partial charge in [0.05, 0.1) is 17.1 Å². The Hall–Kier alpha value is -3.10. The number of hydrogen-bond donors (Lipinski definition) is 0. The van der Waals surface area contributed by atoms with E-state index in [1.165, 1.54) is 48.5 Å². The normalized spacial score (nSPS) is 15.1. The molecule has 0 aliphatic carbocycles. The number of halogens is 4. The molecule has 0 fully saturated rings. The van der Waals surface area contributed by atoms with Crippen molar-refractivity contribution in [3.63, 3.8) is 0 Å². The van der Waals surface area contributed by atoms with Crippen molar-refractivity contribution in [2.24, 2.45) is 0 Å². The number of benzene rings is 3. The Morgan fingerprint density at radius 3 is 2.28 bits per heavy atom. The number of anilines is 1. The molecule has 1 aliphatic heterocycles. The van der Waals surface area contributed by atoms with Crippen molar-refractivity contribution >= 4 is 38.6 Å². The molecule has 3 aromatic rings. The summed E-state index contributed by atoms with van der Waals surface area (Å²) in [6.45, 7) is -0.398. The Balaban J connectivity index is 2.02. The number of rotatable bonds is 2. The lowest BCUT2D eigenvalue weighted by Crippen LogP contribution is -2.40. The molecule has 0 unspecified atom stereocenters. The van der Waals surface area contributed by atoms with Crippen LogP contribution in [0.15, 0.2) is 83.1 Å². The third kappa shape index (κ3) is 4.16. The molecule has 4 rings (SSSR count). The van der Waals surface area contributed by atoms with Crippen molar-refractivity contribution in [1.82, 2.24) is 0 Å². The molecule has 0 N–H and O–H groups in total. The van der Waals surface area contributed by atoms with Crippen molar-refractivity contribution in [1.29, 1.82) is 0 Å². The van der Waals surface area contributed by atoms with Gasteiger partial charge in [-0.2, -0.15) is 13.2 Å². The molecule has 32 heavy (non-hydrogen) atoms. The molecule has 0 radical (unpaired) electrons. The first-order chi connectivity index (χ1) is 15.1. The third-order valence-electron chi connectivity index (χ3n) is 5.01. The van der Waals surface area contributed by atoms with Crippen LogP contribution in [0.3, 0.4) is 0 Å². The first-order valence-electron chi connectivity index (χ1n) is 9.36. The summed E-state index contributed by atoms with van der Waals surface area (Å²) in [7, 11) is -3.97. The summed E-state index contributed by atoms with van der Waals surface area (Å²) in [5, 5.41) is 1.29. The topological polar surface area (TPSA) is 54.5 Å². The molecular weight excluding hydrogens is 463 g/mol. The van der Waals surface area contributed by atoms with Gasteiger partial charge < -0.3 is 0 Å². The smallest absolute Gasteiger partial charge is 0.300 e. The van der Waals surface area contributed by atoms with Crippen LogP contribution in [0.2, 0.25) is 5.02 Å². The average molecular weight is 478 g/mol. The highest BCUT2D eigenvalue weighted by molar-refractivity contribution is 7.94. The minimum atomic E-state index is -5.11. The van der Waals surface area contributed by atoms with Crippen LogP contribution in [0.25, 0.3) is 5.57 Å². The molecule has 164 valence electrons. The number of amides is 1. The largest absolute Gasteiger partial charge is 0.471 e. The second-order valence-corrected chi connectivity index (χ2v) is 9.33. The Labute approximate surface area is 187 Å². The molecule has 4 nitrogen and oxygen atoms in total. The van der Waals surface area contributed by atoms with Gasteiger partial charge in [0, 0.05) is 21.6 Å². The first kappa shape index (κ1) is 22.1. The second kappa shape index (κ2) is 8.11. The molecular formula is C23H15ClF3NO3S. The minimum absolute atomic E-state index is 0.0287. The van der Waals surface area contributed by atoms with Crippen LogP contribution in [0.5, 0.6) is 0 Å². The monoisotopic (exact) mass is 477 g/mol. The number of hydrogen-bond acceptors (Lipinski definition) is 3. The van der Waals surface area contributed by atoms with E-state index in [9.17, 15) is 26.4 Å². The standard InChI is InChI=1S/C23H15ClF3NO3S/c24-16-11-10-15-13-28(22(29)23(25,26)27)21-9-5-4-8-18(21)20(19(15)12-16)14-32(30,31)17-6-2-1-3-7-17/h1-12,14H,13H2/b20-14+. The van der Waals surface area contributed by atoms with Gasteiger partial charge in [-0.3, -0.25) is 9.69 Å². The molecule has 1 aliphatic rings. The third-order valence-corrected chi connectivity index (χ3v) is 6.72. The van der Waals surface area contributed by atoms with E-state index in [1.54, 1.807) is 24.3 Å². The molecule has 0 spiro atoms. The van der Waals surface area contributed by atoms with Crippen LogP contribution >= 0.6 is 11.6 Å². The molecule has 0 bridgehead atoms. The Bertz CT molecular complexity index is 1340. The fraction of sp³-hybridized carbons (Fsp3) is 0.0870. The summed E-state index contributed by atoms with van der Waals surface area (Å²) < 4.78 is 66.3. The molecule has 1 heterocycles. The van der Waals surface area contributed by atoms with E-state index in [2.05, 4.69) is 0 Å². The summed E-state index contributed by atoms with van der Waals surface area (Å²) >= 11 is 6.14. The highest BCUT2D eigenvalue weighted by Crippen LogP contribution is 2.41. The quantitative estimate of drug-likeness (QED) is 0.482. The van der Waals surface area contributed by atoms with E-state index >= 15 is 0 Å². The Kier molecular flexibility index (Phi) is 5.60. The van der Waals surface area contributed by atoms with Gasteiger partial charge in [-0.15, -0.1) is 0 Å². The highest BCUT2D eigenvalue weighted by atomic mass is 35.5. The molecule has 0 aromatic heterocycles. The van der Waals surface area contributed by atoms with Gasteiger partial charge in [0.25, 0.3) is 0 Å². The van der Waals surface area contributed by atoms with Crippen LogP contribution in [-0.2, 0) is 21.2 Å². The van der Waals surface area contributed by atoms with E-state index < -0.39 is 28.5 Å². The van der Waals surface area contributed by atoms with Crippen LogP contribution < -0.4 is 4.90 Å². The van der Waals surface area contributed by atoms with Crippen molar-refractivity contribution in [2.75, 3.05) is 4.90 Å². The summed E-state index contributed by atoms with van der Waals surface area (Å²) in [5.41, 5.74) is 0.946. The number of nitrogens with zero attached hydrogens (tertiary/aromatic N) is 1. The number of sulfone groups is 1. The van der Waals surface area contributed by atoms with E-state index in [0.29, 0.717) is 16.0 Å². The molecule has 0 saturated heterocycles. The summed E-state index contributed by atoms with van der Waals surface area (Å²) in [4.78, 5) is 12.9. The fourth-order valence-electron chi connectivity index (χ4n) is 3.57. The van der Waals surface area contributed by atoms with Gasteiger partial charge in [-0.25, -0.2) is 8.42 Å². The fourth-order valence-corrected chi connectivity index (χ4v) is 4.98. The van der Waals surface area contributed by atoms with E-state index in [1.807, 2.05) is 0 Å². The van der Waals surface area contributed by atoms with E-state index in [0.717, 1.165) is 5.41 Å².